The van der Waals surface area contributed by atoms with E-state index in [1.54, 1.807) is 0 Å². The molecule has 3 nitrogen and oxygen atoms in total. The van der Waals surface area contributed by atoms with E-state index in [9.17, 15) is 0 Å². The molecule has 0 atom stereocenters. The third-order valence-corrected chi connectivity index (χ3v) is 1.59. The Balaban J connectivity index is 2.31. The SMILES string of the molecule is OC(=[OH+])C1CCOCC1. The van der Waals surface area contributed by atoms with E-state index in [1.807, 2.05) is 0 Å². The molecule has 0 amide bonds. The quantitative estimate of drug-likeness (QED) is 0.526. The van der Waals surface area contributed by atoms with E-state index in [-0.39, 0.29) is 5.92 Å². The normalized spacial score (nSPS) is 21.8. The molecule has 0 aliphatic carbocycles. The van der Waals surface area contributed by atoms with Gasteiger partial charge in [-0.25, -0.2) is 0 Å². The Hall–Kier alpha value is -0.570. The number of hydrogen-bond acceptors (Lipinski definition) is 1. The lowest BCUT2D eigenvalue weighted by Crippen LogP contribution is -2.22. The predicted octanol–water partition coefficient (Wildman–Crippen LogP) is 0.473. The van der Waals surface area contributed by atoms with Crippen LogP contribution in [-0.4, -0.2) is 29.1 Å². The molecule has 1 heterocycles. The maximum absolute atomic E-state index is 8.59. The van der Waals surface area contributed by atoms with Gasteiger partial charge >= 0.3 is 5.97 Å². The highest BCUT2D eigenvalue weighted by molar-refractivity contribution is 5.71. The van der Waals surface area contributed by atoms with Crippen molar-refractivity contribution in [2.75, 3.05) is 13.2 Å². The number of hydrogen-bond donors (Lipinski definition) is 1. The summed E-state index contributed by atoms with van der Waals surface area (Å²) in [5, 5.41) is 8.59. The van der Waals surface area contributed by atoms with Gasteiger partial charge in [0, 0.05) is 13.2 Å². The van der Waals surface area contributed by atoms with E-state index in [4.69, 9.17) is 14.6 Å². The number of carboxylic acids is 1. The molecule has 2 N–H and O–H groups in total. The first-order valence-corrected chi connectivity index (χ1v) is 3.13. The van der Waals surface area contributed by atoms with Gasteiger partial charge in [-0.1, -0.05) is 0 Å². The minimum absolute atomic E-state index is 0.0428. The minimum Gasteiger partial charge on any atom is -0.381 e. The van der Waals surface area contributed by atoms with Crippen molar-refractivity contribution in [2.45, 2.75) is 12.8 Å². The summed E-state index contributed by atoms with van der Waals surface area (Å²) in [6.07, 6.45) is 1.48. The summed E-state index contributed by atoms with van der Waals surface area (Å²) in [6.45, 7) is 1.30. The Kier molecular flexibility index (Phi) is 2.05. The van der Waals surface area contributed by atoms with Gasteiger partial charge in [0.05, 0.1) is 0 Å². The zero-order valence-corrected chi connectivity index (χ0v) is 5.21. The molecule has 0 aromatic heterocycles. The van der Waals surface area contributed by atoms with Crippen LogP contribution in [0.4, 0.5) is 0 Å². The summed E-state index contributed by atoms with van der Waals surface area (Å²) in [5.41, 5.74) is 0. The average molecular weight is 131 g/mol. The Morgan fingerprint density at radius 3 is 2.33 bits per heavy atom. The van der Waals surface area contributed by atoms with E-state index < -0.39 is 5.97 Å². The summed E-state index contributed by atoms with van der Waals surface area (Å²) >= 11 is 0. The van der Waals surface area contributed by atoms with E-state index in [1.165, 1.54) is 0 Å². The Morgan fingerprint density at radius 1 is 1.44 bits per heavy atom. The fourth-order valence-electron chi connectivity index (χ4n) is 0.956. The number of aliphatic carboxylic acids is 1. The molecule has 1 saturated heterocycles. The van der Waals surface area contributed by atoms with Gasteiger partial charge in [0.25, 0.3) is 0 Å². The summed E-state index contributed by atoms with van der Waals surface area (Å²) in [6, 6.07) is 0. The molecule has 52 valence electrons. The number of rotatable bonds is 1. The lowest BCUT2D eigenvalue weighted by atomic mass is 10.0. The van der Waals surface area contributed by atoms with Crippen LogP contribution in [0.5, 0.6) is 0 Å². The first-order chi connectivity index (χ1) is 4.30. The average Bonchev–Trinajstić information content (AvgIpc) is 1.90. The Morgan fingerprint density at radius 2 is 2.00 bits per heavy atom. The van der Waals surface area contributed by atoms with Crippen LogP contribution in [0.1, 0.15) is 12.8 Å². The first kappa shape index (κ1) is 6.55. The van der Waals surface area contributed by atoms with Crippen molar-refractivity contribution in [1.82, 2.24) is 0 Å². The monoisotopic (exact) mass is 131 g/mol. The molecule has 1 fully saturated rings. The largest absolute Gasteiger partial charge is 0.483 e. The smallest absolute Gasteiger partial charge is 0.381 e. The molecule has 0 aromatic carbocycles. The number of ether oxygens (including phenoxy) is 1. The van der Waals surface area contributed by atoms with Crippen molar-refractivity contribution in [3.05, 3.63) is 0 Å². The van der Waals surface area contributed by atoms with Gasteiger partial charge in [-0.15, -0.1) is 0 Å². The van der Waals surface area contributed by atoms with Gasteiger partial charge < -0.3 is 14.6 Å². The molecule has 1 aliphatic heterocycles. The third kappa shape index (κ3) is 1.68. The standard InChI is InChI=1S/C6H10O3/c7-6(8)5-1-3-9-4-2-5/h5H,1-4H2,(H,7,8)/p+1. The van der Waals surface area contributed by atoms with Gasteiger partial charge in [-0.2, -0.15) is 0 Å². The molecule has 1 rings (SSSR count). The topological polar surface area (TPSA) is 50.9 Å². The highest BCUT2D eigenvalue weighted by Crippen LogP contribution is 2.13. The molecule has 0 bridgehead atoms. The molecule has 0 spiro atoms. The third-order valence-electron chi connectivity index (χ3n) is 1.59. The molecule has 0 saturated carbocycles. The first-order valence-electron chi connectivity index (χ1n) is 3.13. The molecule has 3 heteroatoms. The van der Waals surface area contributed by atoms with Crippen molar-refractivity contribution < 1.29 is 14.6 Å². The van der Waals surface area contributed by atoms with E-state index in [0.29, 0.717) is 13.2 Å². The van der Waals surface area contributed by atoms with Crippen molar-refractivity contribution in [3.63, 3.8) is 0 Å². The van der Waals surface area contributed by atoms with Crippen molar-refractivity contribution in [3.8, 4) is 0 Å². The molecular formula is C6H11O3+. The second kappa shape index (κ2) is 2.82. The van der Waals surface area contributed by atoms with Crippen LogP contribution >= 0.6 is 0 Å². The summed E-state index contributed by atoms with van der Waals surface area (Å²) < 4.78 is 5.01. The molecule has 0 radical (unpaired) electrons. The predicted molar refractivity (Wildman–Crippen MR) is 33.1 cm³/mol. The lowest BCUT2D eigenvalue weighted by Gasteiger charge is -2.14. The van der Waals surface area contributed by atoms with Crippen LogP contribution in [0, 0.1) is 5.92 Å². The van der Waals surface area contributed by atoms with Gasteiger partial charge in [-0.3, -0.25) is 0 Å². The highest BCUT2D eigenvalue weighted by atomic mass is 16.5. The fraction of sp³-hybridized carbons (Fsp3) is 0.833. The minimum atomic E-state index is -0.432. The van der Waals surface area contributed by atoms with Gasteiger partial charge in [0.15, 0.2) is 0 Å². The van der Waals surface area contributed by atoms with E-state index in [2.05, 4.69) is 0 Å². The molecule has 0 unspecified atom stereocenters. The van der Waals surface area contributed by atoms with Gasteiger partial charge in [-0.05, 0) is 12.8 Å². The van der Waals surface area contributed by atoms with Crippen LogP contribution < -0.4 is 0 Å². The van der Waals surface area contributed by atoms with Crippen LogP contribution in [0.2, 0.25) is 0 Å². The van der Waals surface area contributed by atoms with Crippen molar-refractivity contribution >= 4 is 5.97 Å². The molecular weight excluding hydrogens is 120 g/mol. The van der Waals surface area contributed by atoms with Crippen LogP contribution in [0.3, 0.4) is 0 Å². The van der Waals surface area contributed by atoms with Crippen LogP contribution in [-0.2, 0) is 4.74 Å². The van der Waals surface area contributed by atoms with Crippen molar-refractivity contribution in [2.24, 2.45) is 5.92 Å². The second-order valence-electron chi connectivity index (χ2n) is 2.24. The van der Waals surface area contributed by atoms with Gasteiger partial charge in [0.1, 0.15) is 5.92 Å². The second-order valence-corrected chi connectivity index (χ2v) is 2.24. The summed E-state index contributed by atoms with van der Waals surface area (Å²) in [5.74, 6) is -0.475. The maximum Gasteiger partial charge on any atom is 0.483 e. The fourth-order valence-corrected chi connectivity index (χ4v) is 0.956. The zero-order chi connectivity index (χ0) is 6.69. The summed E-state index contributed by atoms with van der Waals surface area (Å²) in [4.78, 5) is 8.59. The molecule has 9 heavy (non-hydrogen) atoms. The van der Waals surface area contributed by atoms with Gasteiger partial charge in [0.2, 0.25) is 0 Å². The van der Waals surface area contributed by atoms with Crippen LogP contribution in [0.15, 0.2) is 0 Å². The van der Waals surface area contributed by atoms with E-state index in [0.717, 1.165) is 12.8 Å². The molecule has 1 aliphatic rings. The Bertz CT molecular complexity index is 105. The Labute approximate surface area is 53.6 Å². The number of aliphatic hydroxyl groups excluding tert-OH is 1. The highest BCUT2D eigenvalue weighted by Gasteiger charge is 2.25. The zero-order valence-electron chi connectivity index (χ0n) is 5.21. The van der Waals surface area contributed by atoms with Crippen LogP contribution in [0.25, 0.3) is 0 Å². The van der Waals surface area contributed by atoms with Crippen molar-refractivity contribution in [1.29, 1.82) is 0 Å². The van der Waals surface area contributed by atoms with E-state index >= 15 is 0 Å². The number of carboxylic acid groups (broad SMARTS) is 1. The lowest BCUT2D eigenvalue weighted by molar-refractivity contribution is 0.0762. The summed E-state index contributed by atoms with van der Waals surface area (Å²) in [7, 11) is 0. The maximum atomic E-state index is 8.59. The molecule has 0 aromatic rings.